The molecule has 6 heteroatoms. The highest BCUT2D eigenvalue weighted by atomic mass is 32.1. The molecule has 3 aromatic rings. The van der Waals surface area contributed by atoms with Crippen LogP contribution in [0.25, 0.3) is 11.3 Å². The fraction of sp³-hybridized carbons (Fsp3) is 0.111. The first-order valence-corrected chi connectivity index (χ1v) is 8.34. The van der Waals surface area contributed by atoms with Crippen LogP contribution in [0.2, 0.25) is 0 Å². The quantitative estimate of drug-likeness (QED) is 0.695. The highest BCUT2D eigenvalue weighted by Crippen LogP contribution is 2.28. The van der Waals surface area contributed by atoms with Gasteiger partial charge in [-0.15, -0.1) is 11.3 Å². The minimum atomic E-state index is -0.229. The van der Waals surface area contributed by atoms with Crippen LogP contribution in [0.15, 0.2) is 53.4 Å². The number of carbonyl (C=O) groups excluding carboxylic acids is 1. The summed E-state index contributed by atoms with van der Waals surface area (Å²) in [6, 6.07) is 13.0. The second-order valence-corrected chi connectivity index (χ2v) is 6.00. The van der Waals surface area contributed by atoms with Crippen LogP contribution < -0.4 is 15.8 Å². The molecule has 0 saturated heterocycles. The van der Waals surface area contributed by atoms with Gasteiger partial charge in [-0.3, -0.25) is 4.79 Å². The highest BCUT2D eigenvalue weighted by Gasteiger charge is 2.09. The van der Waals surface area contributed by atoms with Crippen LogP contribution in [0.3, 0.4) is 0 Å². The van der Waals surface area contributed by atoms with Crippen molar-refractivity contribution < 1.29 is 9.53 Å². The molecule has 1 heterocycles. The first kappa shape index (κ1) is 16.0. The largest absolute Gasteiger partial charge is 0.482 e. The van der Waals surface area contributed by atoms with Crippen LogP contribution in [-0.2, 0) is 4.79 Å². The Kier molecular flexibility index (Phi) is 4.77. The van der Waals surface area contributed by atoms with Crippen LogP contribution in [0, 0.1) is 6.92 Å². The van der Waals surface area contributed by atoms with Crippen LogP contribution in [0.5, 0.6) is 5.75 Å². The van der Waals surface area contributed by atoms with Crippen LogP contribution in [0.4, 0.5) is 11.4 Å². The third-order valence-electron chi connectivity index (χ3n) is 3.52. The number of benzene rings is 2. The van der Waals surface area contributed by atoms with E-state index in [1.54, 1.807) is 17.6 Å². The number of nitrogens with zero attached hydrogens (tertiary/aromatic N) is 1. The van der Waals surface area contributed by atoms with Crippen molar-refractivity contribution in [2.75, 3.05) is 17.7 Å². The summed E-state index contributed by atoms with van der Waals surface area (Å²) in [6.07, 6.45) is 0. The Balaban J connectivity index is 1.62. The number of nitrogens with one attached hydrogen (secondary N) is 1. The smallest absolute Gasteiger partial charge is 0.262 e. The second-order valence-electron chi connectivity index (χ2n) is 5.28. The first-order valence-electron chi connectivity index (χ1n) is 7.40. The number of nitrogen functional groups attached to an aromatic ring is 1. The van der Waals surface area contributed by atoms with E-state index in [4.69, 9.17) is 10.5 Å². The molecule has 0 unspecified atom stereocenters. The average Bonchev–Trinajstić information content (AvgIpc) is 3.10. The van der Waals surface area contributed by atoms with E-state index in [1.165, 1.54) is 11.3 Å². The van der Waals surface area contributed by atoms with Crippen LogP contribution in [0.1, 0.15) is 5.56 Å². The number of carbonyl (C=O) groups is 1. The molecular weight excluding hydrogens is 322 g/mol. The summed E-state index contributed by atoms with van der Waals surface area (Å²) in [5, 5.41) is 4.77. The molecule has 24 heavy (non-hydrogen) atoms. The fourth-order valence-corrected chi connectivity index (χ4v) is 2.80. The number of rotatable bonds is 5. The maximum Gasteiger partial charge on any atom is 0.262 e. The summed E-state index contributed by atoms with van der Waals surface area (Å²) in [5.41, 5.74) is 11.8. The second kappa shape index (κ2) is 7.14. The number of hydrogen-bond donors (Lipinski definition) is 2. The molecule has 0 aliphatic rings. The Bertz CT molecular complexity index is 847. The number of thiazole rings is 1. The van der Waals surface area contributed by atoms with Gasteiger partial charge in [0.1, 0.15) is 5.75 Å². The van der Waals surface area contributed by atoms with Gasteiger partial charge in [0, 0.05) is 16.6 Å². The summed E-state index contributed by atoms with van der Waals surface area (Å²) in [5.74, 6) is 0.251. The van der Waals surface area contributed by atoms with E-state index in [9.17, 15) is 4.79 Å². The van der Waals surface area contributed by atoms with Crippen molar-refractivity contribution >= 4 is 28.6 Å². The standard InChI is InChI=1S/C18H17N3O2S/c1-12-4-2-3-5-15(12)21-18(22)9-23-17-7-6-13(8-14(17)19)16-10-24-11-20-16/h2-8,10-11H,9,19H2,1H3,(H,21,22). The van der Waals surface area contributed by atoms with Crippen molar-refractivity contribution in [2.45, 2.75) is 6.92 Å². The molecule has 0 aliphatic heterocycles. The number of anilines is 2. The lowest BCUT2D eigenvalue weighted by Crippen LogP contribution is -2.20. The summed E-state index contributed by atoms with van der Waals surface area (Å²) >= 11 is 1.52. The van der Waals surface area contributed by atoms with Gasteiger partial charge < -0.3 is 15.8 Å². The number of amides is 1. The van der Waals surface area contributed by atoms with E-state index in [-0.39, 0.29) is 12.5 Å². The molecule has 5 nitrogen and oxygen atoms in total. The zero-order valence-electron chi connectivity index (χ0n) is 13.2. The molecule has 0 saturated carbocycles. The number of para-hydroxylation sites is 1. The number of aromatic nitrogens is 1. The van der Waals surface area contributed by atoms with Crippen LogP contribution in [-0.4, -0.2) is 17.5 Å². The normalized spacial score (nSPS) is 10.4. The lowest BCUT2D eigenvalue weighted by Gasteiger charge is -2.11. The highest BCUT2D eigenvalue weighted by molar-refractivity contribution is 7.07. The molecule has 0 spiro atoms. The zero-order valence-corrected chi connectivity index (χ0v) is 14.0. The molecule has 1 aromatic heterocycles. The summed E-state index contributed by atoms with van der Waals surface area (Å²) < 4.78 is 5.53. The fourth-order valence-electron chi connectivity index (χ4n) is 2.24. The average molecular weight is 339 g/mol. The van der Waals surface area contributed by atoms with Gasteiger partial charge >= 0.3 is 0 Å². The van der Waals surface area contributed by atoms with E-state index in [1.807, 2.05) is 42.6 Å². The molecule has 1 amide bonds. The van der Waals surface area contributed by atoms with Crippen molar-refractivity contribution in [3.63, 3.8) is 0 Å². The van der Waals surface area contributed by atoms with Crippen LogP contribution >= 0.6 is 11.3 Å². The maximum absolute atomic E-state index is 12.0. The molecule has 122 valence electrons. The van der Waals surface area contributed by atoms with E-state index < -0.39 is 0 Å². The Morgan fingerprint density at radius 2 is 2.12 bits per heavy atom. The lowest BCUT2D eigenvalue weighted by atomic mass is 10.1. The Morgan fingerprint density at radius 3 is 2.83 bits per heavy atom. The first-order chi connectivity index (χ1) is 11.6. The van der Waals surface area contributed by atoms with Gasteiger partial charge in [0.15, 0.2) is 6.61 Å². The lowest BCUT2D eigenvalue weighted by molar-refractivity contribution is -0.118. The van der Waals surface area contributed by atoms with E-state index in [0.717, 1.165) is 22.5 Å². The van der Waals surface area contributed by atoms with Crippen molar-refractivity contribution in [1.82, 2.24) is 4.98 Å². The van der Waals surface area contributed by atoms with Gasteiger partial charge in [-0.25, -0.2) is 4.98 Å². The van der Waals surface area contributed by atoms with Crippen molar-refractivity contribution in [1.29, 1.82) is 0 Å². The number of nitrogens with two attached hydrogens (primary N) is 1. The molecule has 0 aliphatic carbocycles. The van der Waals surface area contributed by atoms with Gasteiger partial charge in [-0.2, -0.15) is 0 Å². The van der Waals surface area contributed by atoms with Gasteiger partial charge in [0.25, 0.3) is 5.91 Å². The zero-order chi connectivity index (χ0) is 16.9. The number of aryl methyl sites for hydroxylation is 1. The van der Waals surface area contributed by atoms with E-state index in [2.05, 4.69) is 10.3 Å². The Morgan fingerprint density at radius 1 is 1.29 bits per heavy atom. The predicted molar refractivity (Wildman–Crippen MR) is 97.3 cm³/mol. The molecule has 3 rings (SSSR count). The number of hydrogen-bond acceptors (Lipinski definition) is 5. The third-order valence-corrected chi connectivity index (χ3v) is 4.10. The van der Waals surface area contributed by atoms with Gasteiger partial charge in [0.2, 0.25) is 0 Å². The summed E-state index contributed by atoms with van der Waals surface area (Å²) in [4.78, 5) is 16.3. The minimum absolute atomic E-state index is 0.103. The minimum Gasteiger partial charge on any atom is -0.482 e. The van der Waals surface area contributed by atoms with Crippen molar-refractivity contribution in [3.8, 4) is 17.0 Å². The molecule has 2 aromatic carbocycles. The van der Waals surface area contributed by atoms with Gasteiger partial charge in [0.05, 0.1) is 16.9 Å². The van der Waals surface area contributed by atoms with Gasteiger partial charge in [-0.1, -0.05) is 18.2 Å². The SMILES string of the molecule is Cc1ccccc1NC(=O)COc1ccc(-c2cscn2)cc1N. The molecule has 0 radical (unpaired) electrons. The van der Waals surface area contributed by atoms with Crippen molar-refractivity contribution in [2.24, 2.45) is 0 Å². The van der Waals surface area contributed by atoms with Gasteiger partial charge in [-0.05, 0) is 36.8 Å². The third kappa shape index (κ3) is 3.72. The summed E-state index contributed by atoms with van der Waals surface area (Å²) in [6.45, 7) is 1.83. The molecule has 0 atom stereocenters. The summed E-state index contributed by atoms with van der Waals surface area (Å²) in [7, 11) is 0. The molecule has 3 N–H and O–H groups in total. The van der Waals surface area contributed by atoms with Crippen molar-refractivity contribution in [3.05, 3.63) is 58.9 Å². The maximum atomic E-state index is 12.0. The monoisotopic (exact) mass is 339 g/mol. The Labute approximate surface area is 144 Å². The molecule has 0 fully saturated rings. The van der Waals surface area contributed by atoms with E-state index in [0.29, 0.717) is 11.4 Å². The Hall–Kier alpha value is -2.86. The number of ether oxygens (including phenoxy) is 1. The topological polar surface area (TPSA) is 77.2 Å². The molecular formula is C18H17N3O2S. The predicted octanol–water partition coefficient (Wildman–Crippen LogP) is 3.72. The molecule has 0 bridgehead atoms. The van der Waals surface area contributed by atoms with E-state index >= 15 is 0 Å².